The molecule has 1 unspecified atom stereocenters. The van der Waals surface area contributed by atoms with Gasteiger partial charge < -0.3 is 15.3 Å². The average Bonchev–Trinajstić information content (AvgIpc) is 2.18. The Bertz CT molecular complexity index is 304. The summed E-state index contributed by atoms with van der Waals surface area (Å²) in [7, 11) is 0. The zero-order chi connectivity index (χ0) is 12.6. The highest BCUT2D eigenvalue weighted by Crippen LogP contribution is 2.03. The Morgan fingerprint density at radius 3 is 2.56 bits per heavy atom. The second kappa shape index (κ2) is 7.57. The van der Waals surface area contributed by atoms with Gasteiger partial charge in [0.25, 0.3) is 0 Å². The van der Waals surface area contributed by atoms with Crippen molar-refractivity contribution in [3.8, 4) is 11.8 Å². The molecule has 0 aromatic rings. The van der Waals surface area contributed by atoms with Gasteiger partial charge in [-0.05, 0) is 20.8 Å². The molecule has 0 aliphatic heterocycles. The summed E-state index contributed by atoms with van der Waals surface area (Å²) in [5, 5.41) is 11.3. The van der Waals surface area contributed by atoms with Crippen LogP contribution >= 0.6 is 0 Å². The fourth-order valence-electron chi connectivity index (χ4n) is 1.33. The highest BCUT2D eigenvalue weighted by molar-refractivity contribution is 5.76. The minimum Gasteiger partial charge on any atom is -0.481 e. The summed E-state index contributed by atoms with van der Waals surface area (Å²) in [6.45, 7) is 5.97. The van der Waals surface area contributed by atoms with Gasteiger partial charge in [0.2, 0.25) is 0 Å². The van der Waals surface area contributed by atoms with E-state index < -0.39 is 5.97 Å². The van der Waals surface area contributed by atoms with E-state index in [-0.39, 0.29) is 25.0 Å². The summed E-state index contributed by atoms with van der Waals surface area (Å²) >= 11 is 0. The van der Waals surface area contributed by atoms with Crippen molar-refractivity contribution in [3.63, 3.8) is 0 Å². The van der Waals surface area contributed by atoms with Gasteiger partial charge >= 0.3 is 12.0 Å². The molecule has 0 aliphatic rings. The lowest BCUT2D eigenvalue weighted by Gasteiger charge is -2.26. The summed E-state index contributed by atoms with van der Waals surface area (Å²) < 4.78 is 0. The van der Waals surface area contributed by atoms with Crippen molar-refractivity contribution in [2.45, 2.75) is 33.2 Å². The van der Waals surface area contributed by atoms with Crippen molar-refractivity contribution in [2.24, 2.45) is 0 Å². The third-order valence-electron chi connectivity index (χ3n) is 2.11. The van der Waals surface area contributed by atoms with Crippen molar-refractivity contribution < 1.29 is 14.7 Å². The van der Waals surface area contributed by atoms with Gasteiger partial charge in [-0.25, -0.2) is 4.79 Å². The zero-order valence-electron chi connectivity index (χ0n) is 9.91. The van der Waals surface area contributed by atoms with Crippen LogP contribution in [-0.4, -0.2) is 41.1 Å². The lowest BCUT2D eigenvalue weighted by molar-refractivity contribution is -0.138. The lowest BCUT2D eigenvalue weighted by Crippen LogP contribution is -2.45. The van der Waals surface area contributed by atoms with Gasteiger partial charge in [-0.3, -0.25) is 4.79 Å². The number of carbonyl (C=O) groups is 2. The Hall–Kier alpha value is -1.70. The molecule has 0 spiro atoms. The molecular formula is C11H18N2O3. The molecule has 0 radical (unpaired) electrons. The molecule has 0 saturated heterocycles. The molecule has 0 aromatic carbocycles. The largest absolute Gasteiger partial charge is 0.481 e. The van der Waals surface area contributed by atoms with Crippen LogP contribution in [0.5, 0.6) is 0 Å². The van der Waals surface area contributed by atoms with E-state index in [1.807, 2.05) is 6.92 Å². The second-order valence-electron chi connectivity index (χ2n) is 3.32. The van der Waals surface area contributed by atoms with Crippen LogP contribution < -0.4 is 5.32 Å². The van der Waals surface area contributed by atoms with Crippen LogP contribution in [0.15, 0.2) is 0 Å². The highest BCUT2D eigenvalue weighted by atomic mass is 16.4. The number of carboxylic acid groups (broad SMARTS) is 1. The van der Waals surface area contributed by atoms with Crippen LogP contribution in [0.3, 0.4) is 0 Å². The van der Waals surface area contributed by atoms with Gasteiger partial charge in [0, 0.05) is 12.6 Å². The van der Waals surface area contributed by atoms with E-state index in [1.165, 1.54) is 4.90 Å². The van der Waals surface area contributed by atoms with E-state index in [0.29, 0.717) is 6.54 Å². The minimum atomic E-state index is -0.910. The lowest BCUT2D eigenvalue weighted by atomic mass is 10.2. The molecule has 2 amide bonds. The fraction of sp³-hybridized carbons (Fsp3) is 0.636. The summed E-state index contributed by atoms with van der Waals surface area (Å²) in [4.78, 5) is 23.6. The topological polar surface area (TPSA) is 69.6 Å². The number of amides is 2. The third kappa shape index (κ3) is 5.25. The number of hydrogen-bond donors (Lipinski definition) is 2. The molecule has 5 nitrogen and oxygen atoms in total. The van der Waals surface area contributed by atoms with Crippen molar-refractivity contribution >= 4 is 12.0 Å². The van der Waals surface area contributed by atoms with Gasteiger partial charge in [-0.1, -0.05) is 5.92 Å². The van der Waals surface area contributed by atoms with Crippen molar-refractivity contribution in [1.29, 1.82) is 0 Å². The van der Waals surface area contributed by atoms with Gasteiger partial charge in [0.05, 0.1) is 13.0 Å². The number of carbonyl (C=O) groups excluding carboxylic acids is 1. The molecule has 0 heterocycles. The molecule has 0 saturated carbocycles. The molecule has 16 heavy (non-hydrogen) atoms. The first-order valence-corrected chi connectivity index (χ1v) is 5.18. The molecule has 2 N–H and O–H groups in total. The van der Waals surface area contributed by atoms with Crippen molar-refractivity contribution in [1.82, 2.24) is 10.2 Å². The Labute approximate surface area is 95.8 Å². The monoisotopic (exact) mass is 226 g/mol. The molecule has 0 aliphatic carbocycles. The van der Waals surface area contributed by atoms with Crippen LogP contribution in [0, 0.1) is 11.8 Å². The van der Waals surface area contributed by atoms with E-state index in [1.54, 1.807) is 13.8 Å². The van der Waals surface area contributed by atoms with Gasteiger partial charge in [0.15, 0.2) is 0 Å². The van der Waals surface area contributed by atoms with E-state index in [2.05, 4.69) is 17.2 Å². The first kappa shape index (κ1) is 14.3. The predicted molar refractivity (Wildman–Crippen MR) is 60.9 cm³/mol. The normalized spacial score (nSPS) is 10.9. The molecule has 1 atom stereocenters. The van der Waals surface area contributed by atoms with E-state index in [9.17, 15) is 9.59 Å². The van der Waals surface area contributed by atoms with Crippen LogP contribution in [0.4, 0.5) is 4.79 Å². The molecule has 0 fully saturated rings. The predicted octanol–water partition coefficient (Wildman–Crippen LogP) is 0.904. The standard InChI is InChI=1S/C11H18N2O3/c1-4-6-7-12-11(16)13(5-2)9(3)8-10(14)15/h9H,5,7-8H2,1-3H3,(H,12,16)(H,14,15). The second-order valence-corrected chi connectivity index (χ2v) is 3.32. The van der Waals surface area contributed by atoms with Gasteiger partial charge in [-0.15, -0.1) is 5.92 Å². The van der Waals surface area contributed by atoms with E-state index in [0.717, 1.165) is 0 Å². The summed E-state index contributed by atoms with van der Waals surface area (Å²) in [6.07, 6.45) is -0.0548. The Morgan fingerprint density at radius 1 is 1.50 bits per heavy atom. The molecule has 5 heteroatoms. The first-order valence-electron chi connectivity index (χ1n) is 5.18. The summed E-state index contributed by atoms with van der Waals surface area (Å²) in [5.41, 5.74) is 0. The summed E-state index contributed by atoms with van der Waals surface area (Å²) in [6, 6.07) is -0.601. The van der Waals surface area contributed by atoms with E-state index in [4.69, 9.17) is 5.11 Å². The van der Waals surface area contributed by atoms with Crippen LogP contribution in [0.25, 0.3) is 0 Å². The number of carboxylic acids is 1. The minimum absolute atomic E-state index is 0.0548. The van der Waals surface area contributed by atoms with Crippen molar-refractivity contribution in [3.05, 3.63) is 0 Å². The Kier molecular flexibility index (Phi) is 6.77. The third-order valence-corrected chi connectivity index (χ3v) is 2.11. The van der Waals surface area contributed by atoms with Crippen LogP contribution in [-0.2, 0) is 4.79 Å². The quantitative estimate of drug-likeness (QED) is 0.684. The molecule has 0 bridgehead atoms. The highest BCUT2D eigenvalue weighted by Gasteiger charge is 2.19. The maximum Gasteiger partial charge on any atom is 0.318 e. The van der Waals surface area contributed by atoms with Crippen molar-refractivity contribution in [2.75, 3.05) is 13.1 Å². The number of nitrogens with one attached hydrogen (secondary N) is 1. The maximum absolute atomic E-state index is 11.6. The molecule has 0 aromatic heterocycles. The first-order chi connectivity index (χ1) is 7.52. The molecule has 90 valence electrons. The Balaban J connectivity index is 4.28. The molecule has 0 rings (SSSR count). The number of urea groups is 1. The van der Waals surface area contributed by atoms with Crippen LogP contribution in [0.1, 0.15) is 27.2 Å². The van der Waals surface area contributed by atoms with E-state index >= 15 is 0 Å². The maximum atomic E-state index is 11.6. The molecular weight excluding hydrogens is 208 g/mol. The fourth-order valence-corrected chi connectivity index (χ4v) is 1.33. The number of hydrogen-bond acceptors (Lipinski definition) is 2. The number of aliphatic carboxylic acids is 1. The number of nitrogens with zero attached hydrogens (tertiary/aromatic N) is 1. The number of rotatable bonds is 5. The average molecular weight is 226 g/mol. The van der Waals surface area contributed by atoms with Gasteiger partial charge in [-0.2, -0.15) is 0 Å². The van der Waals surface area contributed by atoms with Crippen LogP contribution in [0.2, 0.25) is 0 Å². The van der Waals surface area contributed by atoms with Gasteiger partial charge in [0.1, 0.15) is 0 Å². The summed E-state index contributed by atoms with van der Waals surface area (Å²) in [5.74, 6) is 4.47. The smallest absolute Gasteiger partial charge is 0.318 e. The Morgan fingerprint density at radius 2 is 2.12 bits per heavy atom. The zero-order valence-corrected chi connectivity index (χ0v) is 9.91. The SMILES string of the molecule is CC#CCNC(=O)N(CC)C(C)CC(=O)O.